The summed E-state index contributed by atoms with van der Waals surface area (Å²) in [6.07, 6.45) is 2.03. The Kier molecular flexibility index (Phi) is 5.93. The Morgan fingerprint density at radius 1 is 1.07 bits per heavy atom. The zero-order valence-corrected chi connectivity index (χ0v) is 16.3. The number of hydrogen-bond donors (Lipinski definition) is 1. The molecule has 0 radical (unpaired) electrons. The lowest BCUT2D eigenvalue weighted by Gasteiger charge is -2.30. The quantitative estimate of drug-likeness (QED) is 0.782. The van der Waals surface area contributed by atoms with Crippen molar-refractivity contribution < 1.29 is 19.5 Å². The molecule has 0 fully saturated rings. The largest absolute Gasteiger partial charge is 0.508 e. The van der Waals surface area contributed by atoms with Gasteiger partial charge >= 0.3 is 0 Å². The summed E-state index contributed by atoms with van der Waals surface area (Å²) in [6, 6.07) is 12.5. The molecule has 1 aliphatic rings. The first-order valence-corrected chi connectivity index (χ1v) is 9.52. The normalized spacial score (nSPS) is 15.6. The fourth-order valence-corrected chi connectivity index (χ4v) is 3.80. The second-order valence-corrected chi connectivity index (χ2v) is 7.55. The molecule has 5 heteroatoms. The van der Waals surface area contributed by atoms with E-state index >= 15 is 0 Å². The lowest BCUT2D eigenvalue weighted by Crippen LogP contribution is -2.40. The molecule has 1 amide bonds. The zero-order chi connectivity index (χ0) is 20.3. The van der Waals surface area contributed by atoms with Crippen LogP contribution < -0.4 is 0 Å². The zero-order valence-electron chi connectivity index (χ0n) is 16.3. The number of ketones is 2. The topological polar surface area (TPSA) is 74.7 Å². The third kappa shape index (κ3) is 4.66. The SMILES string of the molecule is CC(=O)CN(Cc1cccc(C(C)=O)c1)C(=O)C1CCc2cc(O)ccc2C1. The van der Waals surface area contributed by atoms with E-state index in [9.17, 15) is 19.5 Å². The predicted molar refractivity (Wildman–Crippen MR) is 106 cm³/mol. The van der Waals surface area contributed by atoms with Crippen molar-refractivity contribution in [3.63, 3.8) is 0 Å². The van der Waals surface area contributed by atoms with Gasteiger partial charge in [-0.15, -0.1) is 0 Å². The van der Waals surface area contributed by atoms with E-state index in [1.165, 1.54) is 13.8 Å². The van der Waals surface area contributed by atoms with Crippen LogP contribution in [0.3, 0.4) is 0 Å². The van der Waals surface area contributed by atoms with E-state index in [2.05, 4.69) is 0 Å². The van der Waals surface area contributed by atoms with E-state index in [0.29, 0.717) is 24.9 Å². The van der Waals surface area contributed by atoms with Gasteiger partial charge < -0.3 is 10.0 Å². The van der Waals surface area contributed by atoms with Gasteiger partial charge in [-0.3, -0.25) is 14.4 Å². The minimum absolute atomic E-state index is 0.0292. The van der Waals surface area contributed by atoms with Crippen molar-refractivity contribution in [3.05, 3.63) is 64.7 Å². The summed E-state index contributed by atoms with van der Waals surface area (Å²) in [5.74, 6) is -0.0859. The van der Waals surface area contributed by atoms with Gasteiger partial charge in [0.15, 0.2) is 5.78 Å². The average Bonchev–Trinajstić information content (AvgIpc) is 2.66. The van der Waals surface area contributed by atoms with E-state index in [1.54, 1.807) is 35.2 Å². The second-order valence-electron chi connectivity index (χ2n) is 7.55. The van der Waals surface area contributed by atoms with Gasteiger partial charge in [-0.1, -0.05) is 24.3 Å². The molecule has 0 bridgehead atoms. The number of fused-ring (bicyclic) bond motifs is 1. The lowest BCUT2D eigenvalue weighted by molar-refractivity contribution is -0.139. The molecular weight excluding hydrogens is 354 g/mol. The van der Waals surface area contributed by atoms with Crippen LogP contribution in [0.4, 0.5) is 0 Å². The van der Waals surface area contributed by atoms with Crippen molar-refractivity contribution in [3.8, 4) is 5.75 Å². The molecule has 0 spiro atoms. The molecule has 5 nitrogen and oxygen atoms in total. The van der Waals surface area contributed by atoms with E-state index in [0.717, 1.165) is 23.1 Å². The van der Waals surface area contributed by atoms with Gasteiger partial charge in [0, 0.05) is 18.0 Å². The maximum absolute atomic E-state index is 13.2. The number of Topliss-reactive ketones (excluding diaryl/α,β-unsaturated/α-hetero) is 2. The van der Waals surface area contributed by atoms with Gasteiger partial charge in [-0.2, -0.15) is 0 Å². The van der Waals surface area contributed by atoms with Crippen LogP contribution in [-0.4, -0.2) is 34.0 Å². The summed E-state index contributed by atoms with van der Waals surface area (Å²) in [5, 5.41) is 9.64. The third-order valence-electron chi connectivity index (χ3n) is 5.20. The van der Waals surface area contributed by atoms with Crippen molar-refractivity contribution in [2.24, 2.45) is 5.92 Å². The van der Waals surface area contributed by atoms with E-state index in [-0.39, 0.29) is 35.7 Å². The van der Waals surface area contributed by atoms with Crippen molar-refractivity contribution >= 4 is 17.5 Å². The summed E-state index contributed by atoms with van der Waals surface area (Å²) < 4.78 is 0. The number of benzene rings is 2. The predicted octanol–water partition coefficient (Wildman–Crippen LogP) is 3.32. The molecule has 2 aromatic carbocycles. The van der Waals surface area contributed by atoms with Crippen molar-refractivity contribution in [2.75, 3.05) is 6.54 Å². The lowest BCUT2D eigenvalue weighted by atomic mass is 9.83. The van der Waals surface area contributed by atoms with Gasteiger partial charge in [0.2, 0.25) is 5.91 Å². The van der Waals surface area contributed by atoms with Gasteiger partial charge in [-0.25, -0.2) is 0 Å². The Hall–Kier alpha value is -2.95. The van der Waals surface area contributed by atoms with Crippen LogP contribution in [0.5, 0.6) is 5.75 Å². The number of carbonyl (C=O) groups excluding carboxylic acids is 3. The number of phenols is 1. The summed E-state index contributed by atoms with van der Waals surface area (Å²) in [4.78, 5) is 38.2. The van der Waals surface area contributed by atoms with Crippen LogP contribution in [0.25, 0.3) is 0 Å². The number of rotatable bonds is 6. The number of nitrogens with zero attached hydrogens (tertiary/aromatic N) is 1. The Morgan fingerprint density at radius 3 is 2.57 bits per heavy atom. The Labute approximate surface area is 165 Å². The maximum atomic E-state index is 13.2. The third-order valence-corrected chi connectivity index (χ3v) is 5.20. The van der Waals surface area contributed by atoms with Crippen LogP contribution in [0.2, 0.25) is 0 Å². The molecule has 1 atom stereocenters. The van der Waals surface area contributed by atoms with Gasteiger partial charge in [0.05, 0.1) is 6.54 Å². The minimum Gasteiger partial charge on any atom is -0.508 e. The summed E-state index contributed by atoms with van der Waals surface area (Å²) >= 11 is 0. The highest BCUT2D eigenvalue weighted by molar-refractivity contribution is 5.94. The van der Waals surface area contributed by atoms with Crippen LogP contribution in [-0.2, 0) is 29.0 Å². The summed E-state index contributed by atoms with van der Waals surface area (Å²) in [6.45, 7) is 3.35. The van der Waals surface area contributed by atoms with Gasteiger partial charge in [0.25, 0.3) is 0 Å². The number of aromatic hydroxyl groups is 1. The fourth-order valence-electron chi connectivity index (χ4n) is 3.80. The highest BCUT2D eigenvalue weighted by Gasteiger charge is 2.29. The molecule has 28 heavy (non-hydrogen) atoms. The Bertz CT molecular complexity index is 919. The van der Waals surface area contributed by atoms with Crippen LogP contribution in [0.15, 0.2) is 42.5 Å². The molecule has 0 aromatic heterocycles. The average molecular weight is 379 g/mol. The van der Waals surface area contributed by atoms with Crippen LogP contribution in [0, 0.1) is 5.92 Å². The molecule has 0 saturated heterocycles. The fraction of sp³-hybridized carbons (Fsp3) is 0.348. The second kappa shape index (κ2) is 8.38. The summed E-state index contributed by atoms with van der Waals surface area (Å²) in [5.41, 5.74) is 3.59. The van der Waals surface area contributed by atoms with E-state index < -0.39 is 0 Å². The smallest absolute Gasteiger partial charge is 0.226 e. The minimum atomic E-state index is -0.188. The van der Waals surface area contributed by atoms with Gasteiger partial charge in [-0.05, 0) is 68.0 Å². The first kappa shape index (κ1) is 19.8. The highest BCUT2D eigenvalue weighted by Crippen LogP contribution is 2.29. The Balaban J connectivity index is 1.78. The first-order chi connectivity index (χ1) is 13.3. The molecule has 3 rings (SSSR count). The first-order valence-electron chi connectivity index (χ1n) is 9.52. The van der Waals surface area contributed by atoms with Crippen LogP contribution >= 0.6 is 0 Å². The molecule has 0 aliphatic heterocycles. The number of carbonyl (C=O) groups is 3. The standard InChI is InChI=1S/C23H25NO4/c1-15(25)13-24(14-17-4-3-5-18(10-17)16(2)26)23(28)21-7-6-20-12-22(27)9-8-19(20)11-21/h3-5,8-10,12,21,27H,6-7,11,13-14H2,1-2H3. The summed E-state index contributed by atoms with van der Waals surface area (Å²) in [7, 11) is 0. The highest BCUT2D eigenvalue weighted by atomic mass is 16.3. The van der Waals surface area contributed by atoms with Crippen molar-refractivity contribution in [2.45, 2.75) is 39.7 Å². The molecule has 1 unspecified atom stereocenters. The molecule has 1 aliphatic carbocycles. The van der Waals surface area contributed by atoms with Gasteiger partial charge in [0.1, 0.15) is 11.5 Å². The molecule has 146 valence electrons. The number of aryl methyl sites for hydroxylation is 1. The van der Waals surface area contributed by atoms with Crippen molar-refractivity contribution in [1.29, 1.82) is 0 Å². The van der Waals surface area contributed by atoms with Crippen LogP contribution in [0.1, 0.15) is 47.3 Å². The molecule has 0 heterocycles. The molecule has 2 aromatic rings. The molecular formula is C23H25NO4. The molecule has 1 N–H and O–H groups in total. The molecule has 0 saturated carbocycles. The number of amides is 1. The van der Waals surface area contributed by atoms with E-state index in [4.69, 9.17) is 0 Å². The number of phenolic OH excluding ortho intramolecular Hbond substituents is 1. The Morgan fingerprint density at radius 2 is 1.86 bits per heavy atom. The van der Waals surface area contributed by atoms with Crippen molar-refractivity contribution in [1.82, 2.24) is 4.90 Å². The monoisotopic (exact) mass is 379 g/mol. The number of hydrogen-bond acceptors (Lipinski definition) is 4. The van der Waals surface area contributed by atoms with E-state index in [1.807, 2.05) is 12.1 Å². The maximum Gasteiger partial charge on any atom is 0.226 e.